The smallest absolute Gasteiger partial charge is 0.231 e. The normalized spacial score (nSPS) is 17.1. The van der Waals surface area contributed by atoms with Gasteiger partial charge < -0.3 is 5.73 Å². The molecule has 0 aromatic heterocycles. The largest absolute Gasteiger partial charge is 0.369 e. The molecular formula is C10H17N3O. The summed E-state index contributed by atoms with van der Waals surface area (Å²) in [7, 11) is 0. The van der Waals surface area contributed by atoms with E-state index in [0.717, 1.165) is 12.8 Å². The van der Waals surface area contributed by atoms with E-state index in [-0.39, 0.29) is 5.91 Å². The van der Waals surface area contributed by atoms with Crippen LogP contribution >= 0.6 is 0 Å². The lowest BCUT2D eigenvalue weighted by atomic mass is 10.2. The molecule has 1 rings (SSSR count). The van der Waals surface area contributed by atoms with Gasteiger partial charge in [-0.2, -0.15) is 5.26 Å². The number of nitrogens with two attached hydrogens (primary N) is 1. The summed E-state index contributed by atoms with van der Waals surface area (Å²) in [5.41, 5.74) is 5.17. The standard InChI is InChI=1S/C10H17N3O/c11-6-3-7-13(8-10(12)14)9-4-1-2-5-9/h9H,1-5,7-8H2,(H2,12,14). The fourth-order valence-corrected chi connectivity index (χ4v) is 2.05. The van der Waals surface area contributed by atoms with Crippen LogP contribution in [0.3, 0.4) is 0 Å². The number of rotatable bonds is 5. The quantitative estimate of drug-likeness (QED) is 0.699. The van der Waals surface area contributed by atoms with E-state index in [1.807, 2.05) is 0 Å². The van der Waals surface area contributed by atoms with Gasteiger partial charge in [0.1, 0.15) is 0 Å². The molecule has 4 heteroatoms. The Kier molecular flexibility index (Phi) is 4.41. The molecule has 0 heterocycles. The topological polar surface area (TPSA) is 70.1 Å². The van der Waals surface area contributed by atoms with Crippen molar-refractivity contribution in [2.45, 2.75) is 38.1 Å². The fourth-order valence-electron chi connectivity index (χ4n) is 2.05. The Balaban J connectivity index is 2.42. The van der Waals surface area contributed by atoms with Gasteiger partial charge in [-0.25, -0.2) is 0 Å². The van der Waals surface area contributed by atoms with Gasteiger partial charge in [-0.1, -0.05) is 12.8 Å². The predicted octanol–water partition coefficient (Wildman–Crippen LogP) is 0.630. The molecule has 78 valence electrons. The average molecular weight is 195 g/mol. The molecule has 1 aliphatic carbocycles. The number of amides is 1. The summed E-state index contributed by atoms with van der Waals surface area (Å²) in [4.78, 5) is 12.9. The summed E-state index contributed by atoms with van der Waals surface area (Å²) in [6.45, 7) is 0.969. The molecule has 0 radical (unpaired) electrons. The van der Waals surface area contributed by atoms with E-state index in [4.69, 9.17) is 11.0 Å². The molecular weight excluding hydrogens is 178 g/mol. The maximum absolute atomic E-state index is 10.8. The molecule has 4 nitrogen and oxygen atoms in total. The fraction of sp³-hybridized carbons (Fsp3) is 0.800. The molecule has 1 fully saturated rings. The van der Waals surface area contributed by atoms with Crippen LogP contribution in [-0.2, 0) is 4.79 Å². The minimum Gasteiger partial charge on any atom is -0.369 e. The van der Waals surface area contributed by atoms with Crippen LogP contribution in [0, 0.1) is 11.3 Å². The van der Waals surface area contributed by atoms with Gasteiger partial charge in [0, 0.05) is 19.0 Å². The van der Waals surface area contributed by atoms with Crippen molar-refractivity contribution in [2.24, 2.45) is 5.73 Å². The number of carbonyl (C=O) groups excluding carboxylic acids is 1. The van der Waals surface area contributed by atoms with Crippen molar-refractivity contribution in [3.63, 3.8) is 0 Å². The monoisotopic (exact) mass is 195 g/mol. The van der Waals surface area contributed by atoms with Crippen LogP contribution in [-0.4, -0.2) is 29.9 Å². The van der Waals surface area contributed by atoms with Crippen molar-refractivity contribution in [3.05, 3.63) is 0 Å². The lowest BCUT2D eigenvalue weighted by molar-refractivity contribution is -0.119. The van der Waals surface area contributed by atoms with Crippen LogP contribution in [0.15, 0.2) is 0 Å². The first-order valence-electron chi connectivity index (χ1n) is 5.13. The molecule has 0 aromatic rings. The average Bonchev–Trinajstić information content (AvgIpc) is 2.64. The van der Waals surface area contributed by atoms with E-state index in [0.29, 0.717) is 25.6 Å². The molecule has 0 atom stereocenters. The van der Waals surface area contributed by atoms with E-state index in [1.54, 1.807) is 0 Å². The summed E-state index contributed by atoms with van der Waals surface area (Å²) in [5, 5.41) is 8.50. The molecule has 1 amide bonds. The zero-order chi connectivity index (χ0) is 10.4. The van der Waals surface area contributed by atoms with Crippen LogP contribution in [0.4, 0.5) is 0 Å². The molecule has 1 aliphatic rings. The highest BCUT2D eigenvalue weighted by atomic mass is 16.1. The number of carbonyl (C=O) groups is 1. The van der Waals surface area contributed by atoms with Gasteiger partial charge in [0.2, 0.25) is 5.91 Å². The first-order chi connectivity index (χ1) is 6.74. The Morgan fingerprint density at radius 2 is 2.14 bits per heavy atom. The van der Waals surface area contributed by atoms with Crippen LogP contribution in [0.1, 0.15) is 32.1 Å². The van der Waals surface area contributed by atoms with Gasteiger partial charge in [-0.15, -0.1) is 0 Å². The number of nitrogens with zero attached hydrogens (tertiary/aromatic N) is 2. The van der Waals surface area contributed by atoms with Crippen molar-refractivity contribution < 1.29 is 4.79 Å². The minimum atomic E-state index is -0.296. The lowest BCUT2D eigenvalue weighted by Crippen LogP contribution is -2.40. The van der Waals surface area contributed by atoms with E-state index in [1.165, 1.54) is 12.8 Å². The Morgan fingerprint density at radius 3 is 2.64 bits per heavy atom. The summed E-state index contributed by atoms with van der Waals surface area (Å²) >= 11 is 0. The van der Waals surface area contributed by atoms with Crippen molar-refractivity contribution in [1.29, 1.82) is 5.26 Å². The second-order valence-electron chi connectivity index (χ2n) is 3.78. The molecule has 2 N–H and O–H groups in total. The Hall–Kier alpha value is -1.08. The highest BCUT2D eigenvalue weighted by molar-refractivity contribution is 5.75. The maximum Gasteiger partial charge on any atom is 0.231 e. The minimum absolute atomic E-state index is 0.296. The van der Waals surface area contributed by atoms with Crippen LogP contribution in [0.25, 0.3) is 0 Å². The summed E-state index contributed by atoms with van der Waals surface area (Å²) in [5.74, 6) is -0.296. The Labute approximate surface area is 84.7 Å². The molecule has 0 spiro atoms. The Bertz CT molecular complexity index is 228. The second-order valence-corrected chi connectivity index (χ2v) is 3.78. The van der Waals surface area contributed by atoms with E-state index < -0.39 is 0 Å². The van der Waals surface area contributed by atoms with E-state index >= 15 is 0 Å². The van der Waals surface area contributed by atoms with Gasteiger partial charge in [0.25, 0.3) is 0 Å². The van der Waals surface area contributed by atoms with Crippen molar-refractivity contribution in [1.82, 2.24) is 4.90 Å². The Morgan fingerprint density at radius 1 is 1.50 bits per heavy atom. The summed E-state index contributed by atoms with van der Waals surface area (Å²) in [6, 6.07) is 2.57. The molecule has 0 saturated heterocycles. The van der Waals surface area contributed by atoms with Crippen LogP contribution in [0.5, 0.6) is 0 Å². The number of hydrogen-bond acceptors (Lipinski definition) is 3. The van der Waals surface area contributed by atoms with Crippen molar-refractivity contribution >= 4 is 5.91 Å². The van der Waals surface area contributed by atoms with Gasteiger partial charge in [-0.05, 0) is 12.8 Å². The lowest BCUT2D eigenvalue weighted by Gasteiger charge is -2.26. The summed E-state index contributed by atoms with van der Waals surface area (Å²) < 4.78 is 0. The molecule has 14 heavy (non-hydrogen) atoms. The van der Waals surface area contributed by atoms with Crippen LogP contribution < -0.4 is 5.73 Å². The molecule has 0 aliphatic heterocycles. The highest BCUT2D eigenvalue weighted by Crippen LogP contribution is 2.23. The van der Waals surface area contributed by atoms with Gasteiger partial charge in [0.15, 0.2) is 0 Å². The zero-order valence-corrected chi connectivity index (χ0v) is 8.41. The van der Waals surface area contributed by atoms with Gasteiger partial charge in [0.05, 0.1) is 12.6 Å². The third-order valence-corrected chi connectivity index (χ3v) is 2.71. The maximum atomic E-state index is 10.8. The number of nitriles is 1. The van der Waals surface area contributed by atoms with Gasteiger partial charge in [-0.3, -0.25) is 9.69 Å². The zero-order valence-electron chi connectivity index (χ0n) is 8.41. The number of primary amides is 1. The third kappa shape index (κ3) is 3.35. The number of hydrogen-bond donors (Lipinski definition) is 1. The molecule has 0 bridgehead atoms. The first-order valence-corrected chi connectivity index (χ1v) is 5.13. The van der Waals surface area contributed by atoms with Crippen molar-refractivity contribution in [2.75, 3.05) is 13.1 Å². The molecule has 0 aromatic carbocycles. The van der Waals surface area contributed by atoms with E-state index in [2.05, 4.69) is 11.0 Å². The van der Waals surface area contributed by atoms with Crippen LogP contribution in [0.2, 0.25) is 0 Å². The van der Waals surface area contributed by atoms with Gasteiger partial charge >= 0.3 is 0 Å². The van der Waals surface area contributed by atoms with E-state index in [9.17, 15) is 4.79 Å². The summed E-state index contributed by atoms with van der Waals surface area (Å²) in [6.07, 6.45) is 5.21. The SMILES string of the molecule is N#CCCN(CC(N)=O)C1CCCC1. The molecule has 1 saturated carbocycles. The highest BCUT2D eigenvalue weighted by Gasteiger charge is 2.22. The first kappa shape index (κ1) is 11.0. The third-order valence-electron chi connectivity index (χ3n) is 2.71. The second kappa shape index (κ2) is 5.61. The molecule has 0 unspecified atom stereocenters. The predicted molar refractivity (Wildman–Crippen MR) is 53.3 cm³/mol. The van der Waals surface area contributed by atoms with Crippen molar-refractivity contribution in [3.8, 4) is 6.07 Å².